The molecule has 1 rings (SSSR count). The molecule has 19 heavy (non-hydrogen) atoms. The smallest absolute Gasteiger partial charge is 0.321 e. The van der Waals surface area contributed by atoms with E-state index < -0.39 is 16.0 Å². The summed E-state index contributed by atoms with van der Waals surface area (Å²) < 4.78 is 17.0. The minimum Gasteiger partial charge on any atom is -0.468 e. The number of carbonyl (C=O) groups excluding carboxylic acids is 1. The number of rotatable bonds is 7. The summed E-state index contributed by atoms with van der Waals surface area (Å²) in [6.45, 7) is 2.04. The number of esters is 1. The third-order valence-electron chi connectivity index (χ3n) is 2.82. The number of unbranched alkanes of at least 4 members (excludes halogenated alkanes) is 1. The second kappa shape index (κ2) is 8.33. The van der Waals surface area contributed by atoms with Crippen molar-refractivity contribution in [3.05, 3.63) is 34.9 Å². The van der Waals surface area contributed by atoms with E-state index in [0.29, 0.717) is 17.2 Å². The van der Waals surface area contributed by atoms with E-state index in [2.05, 4.69) is 0 Å². The minimum atomic E-state index is -1.26. The lowest BCUT2D eigenvalue weighted by Gasteiger charge is -2.14. The lowest BCUT2D eigenvalue weighted by Crippen LogP contribution is -2.28. The molecule has 1 aromatic carbocycles. The molecule has 0 saturated carbocycles. The molecule has 0 aliphatic carbocycles. The summed E-state index contributed by atoms with van der Waals surface area (Å²) in [7, 11) is 0.0696. The summed E-state index contributed by atoms with van der Waals surface area (Å²) in [4.78, 5) is 11.7. The van der Waals surface area contributed by atoms with Crippen molar-refractivity contribution >= 4 is 28.4 Å². The highest BCUT2D eigenvalue weighted by Crippen LogP contribution is 2.16. The van der Waals surface area contributed by atoms with E-state index in [0.717, 1.165) is 18.4 Å². The molecular formula is C14H19ClO3S. The highest BCUT2D eigenvalue weighted by atomic mass is 35.5. The predicted molar refractivity (Wildman–Crippen MR) is 78.6 cm³/mol. The van der Waals surface area contributed by atoms with Crippen molar-refractivity contribution in [1.82, 2.24) is 0 Å². The summed E-state index contributed by atoms with van der Waals surface area (Å²) in [5.74, 6) is -0.0403. The van der Waals surface area contributed by atoms with Crippen molar-refractivity contribution in [3.63, 3.8) is 0 Å². The van der Waals surface area contributed by atoms with Crippen molar-refractivity contribution in [2.75, 3.05) is 7.11 Å². The fraction of sp³-hybridized carbons (Fsp3) is 0.500. The third-order valence-corrected chi connectivity index (χ3v) is 4.76. The first-order valence-corrected chi connectivity index (χ1v) is 8.04. The van der Waals surface area contributed by atoms with Crippen LogP contribution in [0.15, 0.2) is 24.3 Å². The Hall–Kier alpha value is -0.870. The quantitative estimate of drug-likeness (QED) is 0.726. The highest BCUT2D eigenvalue weighted by molar-refractivity contribution is 7.85. The summed E-state index contributed by atoms with van der Waals surface area (Å²) in [6.07, 6.45) is 2.43. The van der Waals surface area contributed by atoms with E-state index in [9.17, 15) is 9.00 Å². The lowest BCUT2D eigenvalue weighted by molar-refractivity contribution is -0.140. The van der Waals surface area contributed by atoms with Crippen molar-refractivity contribution < 1.29 is 13.7 Å². The SMILES string of the molecule is CCCCC(C(=O)OC)S(=O)Cc1ccc(Cl)cc1. The van der Waals surface area contributed by atoms with Gasteiger partial charge in [-0.25, -0.2) is 0 Å². The van der Waals surface area contributed by atoms with Crippen LogP contribution in [0.4, 0.5) is 0 Å². The summed E-state index contributed by atoms with van der Waals surface area (Å²) in [5.41, 5.74) is 0.910. The van der Waals surface area contributed by atoms with Gasteiger partial charge in [0.1, 0.15) is 5.25 Å². The van der Waals surface area contributed by atoms with Gasteiger partial charge >= 0.3 is 5.97 Å². The number of ether oxygens (including phenoxy) is 1. The van der Waals surface area contributed by atoms with Gasteiger partial charge in [-0.2, -0.15) is 0 Å². The lowest BCUT2D eigenvalue weighted by atomic mass is 10.2. The normalized spacial score (nSPS) is 13.8. The van der Waals surface area contributed by atoms with E-state index in [1.807, 2.05) is 19.1 Å². The zero-order valence-electron chi connectivity index (χ0n) is 11.2. The monoisotopic (exact) mass is 302 g/mol. The maximum atomic E-state index is 12.3. The van der Waals surface area contributed by atoms with Crippen LogP contribution < -0.4 is 0 Å². The molecule has 2 unspecified atom stereocenters. The van der Waals surface area contributed by atoms with Gasteiger partial charge in [0.25, 0.3) is 0 Å². The number of methoxy groups -OCH3 is 1. The van der Waals surface area contributed by atoms with E-state index in [1.54, 1.807) is 12.1 Å². The van der Waals surface area contributed by atoms with Crippen LogP contribution in [0.5, 0.6) is 0 Å². The number of benzene rings is 1. The standard InChI is InChI=1S/C14H19ClO3S/c1-3-4-5-13(14(16)18-2)19(17)10-11-6-8-12(15)9-7-11/h6-9,13H,3-5,10H2,1-2H3. The zero-order valence-corrected chi connectivity index (χ0v) is 12.8. The van der Waals surface area contributed by atoms with E-state index in [-0.39, 0.29) is 5.97 Å². The first kappa shape index (κ1) is 16.2. The van der Waals surface area contributed by atoms with Crippen LogP contribution in [-0.4, -0.2) is 22.5 Å². The minimum absolute atomic E-state index is 0.348. The van der Waals surface area contributed by atoms with Crippen molar-refractivity contribution in [1.29, 1.82) is 0 Å². The van der Waals surface area contributed by atoms with Crippen molar-refractivity contribution in [2.45, 2.75) is 37.2 Å². The molecule has 0 fully saturated rings. The molecule has 5 heteroatoms. The van der Waals surface area contributed by atoms with Crippen LogP contribution in [0, 0.1) is 0 Å². The van der Waals surface area contributed by atoms with Gasteiger partial charge in [0, 0.05) is 21.6 Å². The Bertz CT molecular complexity index is 431. The maximum absolute atomic E-state index is 12.3. The molecule has 0 heterocycles. The summed E-state index contributed by atoms with van der Waals surface area (Å²) in [5, 5.41) is 0.102. The Kier molecular flexibility index (Phi) is 7.10. The Labute approximate surface area is 121 Å². The van der Waals surface area contributed by atoms with Crippen LogP contribution in [0.3, 0.4) is 0 Å². The number of halogens is 1. The highest BCUT2D eigenvalue weighted by Gasteiger charge is 2.25. The Morgan fingerprint density at radius 2 is 2.00 bits per heavy atom. The van der Waals surface area contributed by atoms with Crippen LogP contribution >= 0.6 is 11.6 Å². The Morgan fingerprint density at radius 3 is 2.53 bits per heavy atom. The molecule has 106 valence electrons. The number of hydrogen-bond acceptors (Lipinski definition) is 3. The summed E-state index contributed by atoms with van der Waals surface area (Å²) in [6, 6.07) is 7.17. The first-order chi connectivity index (χ1) is 9.08. The number of carbonyl (C=O) groups is 1. The van der Waals surface area contributed by atoms with Gasteiger partial charge in [-0.3, -0.25) is 9.00 Å². The van der Waals surface area contributed by atoms with E-state index in [4.69, 9.17) is 16.3 Å². The van der Waals surface area contributed by atoms with Crippen LogP contribution in [0.1, 0.15) is 31.7 Å². The average Bonchev–Trinajstić information content (AvgIpc) is 2.41. The van der Waals surface area contributed by atoms with Crippen molar-refractivity contribution in [3.8, 4) is 0 Å². The molecule has 0 spiro atoms. The molecule has 3 nitrogen and oxygen atoms in total. The largest absolute Gasteiger partial charge is 0.468 e. The van der Waals surface area contributed by atoms with Gasteiger partial charge < -0.3 is 4.74 Å². The van der Waals surface area contributed by atoms with E-state index >= 15 is 0 Å². The molecular weight excluding hydrogens is 284 g/mol. The molecule has 2 atom stereocenters. The fourth-order valence-corrected chi connectivity index (χ4v) is 3.31. The molecule has 0 amide bonds. The maximum Gasteiger partial charge on any atom is 0.321 e. The molecule has 0 bridgehead atoms. The Morgan fingerprint density at radius 1 is 1.37 bits per heavy atom. The summed E-state index contributed by atoms with van der Waals surface area (Å²) >= 11 is 5.80. The van der Waals surface area contributed by atoms with Crippen LogP contribution in [-0.2, 0) is 26.1 Å². The van der Waals surface area contributed by atoms with Gasteiger partial charge in [0.2, 0.25) is 0 Å². The molecule has 0 aliphatic rings. The second-order valence-corrected chi connectivity index (χ2v) is 6.36. The van der Waals surface area contributed by atoms with Crippen LogP contribution in [0.2, 0.25) is 5.02 Å². The van der Waals surface area contributed by atoms with Gasteiger partial charge in [-0.15, -0.1) is 0 Å². The number of hydrogen-bond donors (Lipinski definition) is 0. The molecule has 1 aromatic rings. The van der Waals surface area contributed by atoms with Crippen LogP contribution in [0.25, 0.3) is 0 Å². The molecule has 0 aromatic heterocycles. The average molecular weight is 303 g/mol. The topological polar surface area (TPSA) is 43.4 Å². The van der Waals surface area contributed by atoms with E-state index in [1.165, 1.54) is 7.11 Å². The fourth-order valence-electron chi connectivity index (χ4n) is 1.72. The second-order valence-electron chi connectivity index (χ2n) is 4.31. The molecule has 0 aliphatic heterocycles. The van der Waals surface area contributed by atoms with Gasteiger partial charge in [-0.1, -0.05) is 43.5 Å². The molecule has 0 N–H and O–H groups in total. The first-order valence-electron chi connectivity index (χ1n) is 6.28. The molecule has 0 saturated heterocycles. The van der Waals surface area contributed by atoms with Gasteiger partial charge in [-0.05, 0) is 24.1 Å². The predicted octanol–water partition coefficient (Wildman–Crippen LogP) is 3.32. The van der Waals surface area contributed by atoms with Gasteiger partial charge in [0.05, 0.1) is 7.11 Å². The van der Waals surface area contributed by atoms with Crippen molar-refractivity contribution in [2.24, 2.45) is 0 Å². The Balaban J connectivity index is 2.70. The molecule has 0 radical (unpaired) electrons. The van der Waals surface area contributed by atoms with Gasteiger partial charge in [0.15, 0.2) is 0 Å². The zero-order chi connectivity index (χ0) is 14.3. The third kappa shape index (κ3) is 5.33.